The maximum absolute atomic E-state index is 12.8. The molecular weight excluding hydrogens is 315 g/mol. The summed E-state index contributed by atoms with van der Waals surface area (Å²) >= 11 is 1.45. The Labute approximate surface area is 136 Å². The zero-order chi connectivity index (χ0) is 16.1. The number of thiazole rings is 1. The van der Waals surface area contributed by atoms with E-state index in [1.54, 1.807) is 12.1 Å². The van der Waals surface area contributed by atoms with Crippen LogP contribution in [0.15, 0.2) is 48.5 Å². The summed E-state index contributed by atoms with van der Waals surface area (Å²) in [5, 5.41) is 3.41. The number of amides is 1. The first-order valence-electron chi connectivity index (χ1n) is 7.24. The summed E-state index contributed by atoms with van der Waals surface area (Å²) < 4.78 is 19.2. The number of benzene rings is 2. The molecule has 3 rings (SSSR count). The van der Waals surface area contributed by atoms with Gasteiger partial charge in [0.2, 0.25) is 5.91 Å². The van der Waals surface area contributed by atoms with Crippen molar-refractivity contribution in [2.75, 3.05) is 11.9 Å². The summed E-state index contributed by atoms with van der Waals surface area (Å²) in [6.45, 7) is 0.402. The molecule has 0 aliphatic heterocycles. The van der Waals surface area contributed by atoms with Crippen molar-refractivity contribution in [1.82, 2.24) is 4.98 Å². The van der Waals surface area contributed by atoms with E-state index >= 15 is 0 Å². The highest BCUT2D eigenvalue weighted by Crippen LogP contribution is 2.25. The van der Waals surface area contributed by atoms with Crippen molar-refractivity contribution in [3.05, 3.63) is 54.3 Å². The van der Waals surface area contributed by atoms with E-state index < -0.39 is 0 Å². The number of anilines is 1. The molecule has 0 aliphatic rings. The molecule has 118 valence electrons. The molecule has 6 heteroatoms. The predicted octanol–water partition coefficient (Wildman–Crippen LogP) is 4.23. The quantitative estimate of drug-likeness (QED) is 0.688. The molecule has 0 saturated heterocycles. The van der Waals surface area contributed by atoms with Crippen molar-refractivity contribution < 1.29 is 13.9 Å². The maximum Gasteiger partial charge on any atom is 0.226 e. The van der Waals surface area contributed by atoms with Gasteiger partial charge in [0.1, 0.15) is 11.6 Å². The second-order valence-electron chi connectivity index (χ2n) is 4.94. The van der Waals surface area contributed by atoms with Crippen LogP contribution >= 0.6 is 11.3 Å². The second kappa shape index (κ2) is 7.19. The van der Waals surface area contributed by atoms with Gasteiger partial charge in [-0.1, -0.05) is 23.5 Å². The predicted molar refractivity (Wildman–Crippen MR) is 89.4 cm³/mol. The molecule has 23 heavy (non-hydrogen) atoms. The summed E-state index contributed by atoms with van der Waals surface area (Å²) in [5.41, 5.74) is 0.882. The molecule has 0 spiro atoms. The molecule has 1 amide bonds. The van der Waals surface area contributed by atoms with Gasteiger partial charge in [-0.15, -0.1) is 0 Å². The molecule has 0 fully saturated rings. The number of aromatic nitrogens is 1. The van der Waals surface area contributed by atoms with Gasteiger partial charge in [0.25, 0.3) is 0 Å². The van der Waals surface area contributed by atoms with Crippen LogP contribution in [0.3, 0.4) is 0 Å². The summed E-state index contributed by atoms with van der Waals surface area (Å²) in [4.78, 5) is 16.3. The first-order chi connectivity index (χ1) is 11.2. The van der Waals surface area contributed by atoms with Crippen LogP contribution in [0, 0.1) is 5.82 Å². The molecule has 0 aliphatic carbocycles. The van der Waals surface area contributed by atoms with E-state index in [9.17, 15) is 9.18 Å². The largest absolute Gasteiger partial charge is 0.494 e. The van der Waals surface area contributed by atoms with Crippen LogP contribution in [-0.4, -0.2) is 17.5 Å². The van der Waals surface area contributed by atoms with Crippen LogP contribution in [0.2, 0.25) is 0 Å². The van der Waals surface area contributed by atoms with Crippen molar-refractivity contribution >= 4 is 32.6 Å². The Balaban J connectivity index is 1.43. The summed E-state index contributed by atoms with van der Waals surface area (Å²) in [5.74, 6) is 0.206. The van der Waals surface area contributed by atoms with Crippen LogP contribution < -0.4 is 10.1 Å². The van der Waals surface area contributed by atoms with Crippen LogP contribution in [0.25, 0.3) is 10.2 Å². The number of carbonyl (C=O) groups is 1. The SMILES string of the molecule is O=C(CCCOc1ccc(F)cc1)Nc1nc2ccccc2s1. The normalized spacial score (nSPS) is 10.7. The minimum atomic E-state index is -0.299. The van der Waals surface area contributed by atoms with E-state index in [2.05, 4.69) is 10.3 Å². The van der Waals surface area contributed by atoms with Crippen LogP contribution in [-0.2, 0) is 4.79 Å². The number of para-hydroxylation sites is 1. The number of ether oxygens (including phenoxy) is 1. The van der Waals surface area contributed by atoms with E-state index in [0.717, 1.165) is 10.2 Å². The molecular formula is C17H15FN2O2S. The Morgan fingerprint density at radius 3 is 2.74 bits per heavy atom. The zero-order valence-electron chi connectivity index (χ0n) is 12.3. The third-order valence-electron chi connectivity index (χ3n) is 3.17. The van der Waals surface area contributed by atoms with Crippen molar-refractivity contribution in [2.24, 2.45) is 0 Å². The Morgan fingerprint density at radius 1 is 1.17 bits per heavy atom. The highest BCUT2D eigenvalue weighted by molar-refractivity contribution is 7.22. The Kier molecular flexibility index (Phi) is 4.83. The Hall–Kier alpha value is -2.47. The Morgan fingerprint density at radius 2 is 1.96 bits per heavy atom. The van der Waals surface area contributed by atoms with Gasteiger partial charge in [-0.3, -0.25) is 4.79 Å². The summed E-state index contributed by atoms with van der Waals surface area (Å²) in [6, 6.07) is 13.6. The van der Waals surface area contributed by atoms with E-state index in [1.807, 2.05) is 24.3 Å². The molecule has 0 atom stereocenters. The highest BCUT2D eigenvalue weighted by atomic mass is 32.1. The van der Waals surface area contributed by atoms with Gasteiger partial charge < -0.3 is 10.1 Å². The molecule has 0 unspecified atom stereocenters. The fraction of sp³-hybridized carbons (Fsp3) is 0.176. The summed E-state index contributed by atoms with van der Waals surface area (Å²) in [6.07, 6.45) is 0.922. The second-order valence-corrected chi connectivity index (χ2v) is 5.97. The molecule has 0 saturated carbocycles. The molecule has 4 nitrogen and oxygen atoms in total. The van der Waals surface area contributed by atoms with E-state index in [4.69, 9.17) is 4.74 Å². The van der Waals surface area contributed by atoms with Gasteiger partial charge in [-0.05, 0) is 42.8 Å². The van der Waals surface area contributed by atoms with Crippen molar-refractivity contribution in [1.29, 1.82) is 0 Å². The first-order valence-corrected chi connectivity index (χ1v) is 8.06. The number of fused-ring (bicyclic) bond motifs is 1. The monoisotopic (exact) mass is 330 g/mol. The molecule has 0 bridgehead atoms. The van der Waals surface area contributed by atoms with Crippen molar-refractivity contribution in [3.8, 4) is 5.75 Å². The number of rotatable bonds is 6. The molecule has 3 aromatic rings. The van der Waals surface area contributed by atoms with Gasteiger partial charge in [0.05, 0.1) is 16.8 Å². The van der Waals surface area contributed by atoms with Crippen LogP contribution in [0.5, 0.6) is 5.75 Å². The van der Waals surface area contributed by atoms with E-state index in [-0.39, 0.29) is 11.7 Å². The number of hydrogen-bond donors (Lipinski definition) is 1. The minimum absolute atomic E-state index is 0.0910. The number of halogens is 1. The molecule has 1 aromatic heterocycles. The lowest BCUT2D eigenvalue weighted by atomic mass is 10.3. The zero-order valence-corrected chi connectivity index (χ0v) is 13.1. The third-order valence-corrected chi connectivity index (χ3v) is 4.12. The van der Waals surface area contributed by atoms with Crippen LogP contribution in [0.4, 0.5) is 9.52 Å². The fourth-order valence-electron chi connectivity index (χ4n) is 2.06. The molecule has 0 radical (unpaired) electrons. The number of nitrogens with zero attached hydrogens (tertiary/aromatic N) is 1. The van der Waals surface area contributed by atoms with Gasteiger partial charge >= 0.3 is 0 Å². The number of nitrogens with one attached hydrogen (secondary N) is 1. The standard InChI is InChI=1S/C17H15FN2O2S/c18-12-7-9-13(10-8-12)22-11-3-6-16(21)20-17-19-14-4-1-2-5-15(14)23-17/h1-2,4-5,7-10H,3,6,11H2,(H,19,20,21). The Bertz CT molecular complexity index is 769. The van der Waals surface area contributed by atoms with Crippen LogP contribution in [0.1, 0.15) is 12.8 Å². The topological polar surface area (TPSA) is 51.2 Å². The average molecular weight is 330 g/mol. The molecule has 1 N–H and O–H groups in total. The number of carbonyl (C=O) groups excluding carboxylic acids is 1. The molecule has 1 heterocycles. The average Bonchev–Trinajstić information content (AvgIpc) is 2.95. The van der Waals surface area contributed by atoms with Gasteiger partial charge in [-0.25, -0.2) is 9.37 Å². The first kappa shape index (κ1) is 15.4. The van der Waals surface area contributed by atoms with E-state index in [1.165, 1.54) is 23.5 Å². The fourth-order valence-corrected chi connectivity index (χ4v) is 2.94. The lowest BCUT2D eigenvalue weighted by Gasteiger charge is -2.05. The summed E-state index contributed by atoms with van der Waals surface area (Å²) in [7, 11) is 0. The minimum Gasteiger partial charge on any atom is -0.494 e. The van der Waals surface area contributed by atoms with Crippen molar-refractivity contribution in [2.45, 2.75) is 12.8 Å². The molecule has 2 aromatic carbocycles. The van der Waals surface area contributed by atoms with E-state index in [0.29, 0.717) is 30.3 Å². The maximum atomic E-state index is 12.8. The van der Waals surface area contributed by atoms with Gasteiger partial charge in [0, 0.05) is 6.42 Å². The lowest BCUT2D eigenvalue weighted by Crippen LogP contribution is -2.12. The van der Waals surface area contributed by atoms with Gasteiger partial charge in [0.15, 0.2) is 5.13 Å². The smallest absolute Gasteiger partial charge is 0.226 e. The van der Waals surface area contributed by atoms with Crippen molar-refractivity contribution in [3.63, 3.8) is 0 Å². The number of hydrogen-bond acceptors (Lipinski definition) is 4. The van der Waals surface area contributed by atoms with Gasteiger partial charge in [-0.2, -0.15) is 0 Å². The lowest BCUT2D eigenvalue weighted by molar-refractivity contribution is -0.116. The third kappa shape index (κ3) is 4.26. The highest BCUT2D eigenvalue weighted by Gasteiger charge is 2.07.